The molecule has 0 aliphatic carbocycles. The van der Waals surface area contributed by atoms with Crippen LogP contribution in [0.15, 0.2) is 66.7 Å². The average molecular weight is 471 g/mol. The SMILES string of the molecule is COc1cccc(-c2ccc3c(c2)c(C=Cc2ccccc2)nn3COCC[Si](C)(C)C)c1C. The summed E-state index contributed by atoms with van der Waals surface area (Å²) in [6.45, 7) is 10.4. The van der Waals surface area contributed by atoms with Crippen molar-refractivity contribution in [1.29, 1.82) is 0 Å². The van der Waals surface area contributed by atoms with E-state index in [4.69, 9.17) is 14.6 Å². The minimum absolute atomic E-state index is 0.456. The lowest BCUT2D eigenvalue weighted by molar-refractivity contribution is 0.0816. The topological polar surface area (TPSA) is 36.3 Å². The molecule has 0 N–H and O–H groups in total. The lowest BCUT2D eigenvalue weighted by atomic mass is 9.98. The zero-order valence-corrected chi connectivity index (χ0v) is 21.8. The van der Waals surface area contributed by atoms with Crippen LogP contribution in [0, 0.1) is 6.92 Å². The van der Waals surface area contributed by atoms with Crippen LogP contribution in [-0.4, -0.2) is 31.6 Å². The van der Waals surface area contributed by atoms with Gasteiger partial charge in [-0.3, -0.25) is 0 Å². The van der Waals surface area contributed by atoms with Gasteiger partial charge in [0, 0.05) is 20.1 Å². The second kappa shape index (κ2) is 10.4. The lowest BCUT2D eigenvalue weighted by Crippen LogP contribution is -2.22. The quantitative estimate of drug-likeness (QED) is 0.188. The number of rotatable bonds is 9. The molecule has 176 valence electrons. The summed E-state index contributed by atoms with van der Waals surface area (Å²) in [5.74, 6) is 0.897. The molecule has 0 amide bonds. The van der Waals surface area contributed by atoms with Gasteiger partial charge in [0.25, 0.3) is 0 Å². The highest BCUT2D eigenvalue weighted by molar-refractivity contribution is 6.76. The first-order chi connectivity index (χ1) is 16.4. The number of fused-ring (bicyclic) bond motifs is 1. The summed E-state index contributed by atoms with van der Waals surface area (Å²) >= 11 is 0. The molecule has 1 aromatic heterocycles. The third kappa shape index (κ3) is 5.66. The summed E-state index contributed by atoms with van der Waals surface area (Å²) < 4.78 is 13.6. The van der Waals surface area contributed by atoms with Crippen LogP contribution in [0.3, 0.4) is 0 Å². The van der Waals surface area contributed by atoms with Crippen LogP contribution < -0.4 is 4.74 Å². The second-order valence-electron chi connectivity index (χ2n) is 9.84. The van der Waals surface area contributed by atoms with Crippen LogP contribution >= 0.6 is 0 Å². The molecule has 0 saturated carbocycles. The first-order valence-corrected chi connectivity index (χ1v) is 15.5. The van der Waals surface area contributed by atoms with E-state index in [9.17, 15) is 0 Å². The van der Waals surface area contributed by atoms with Crippen molar-refractivity contribution in [3.8, 4) is 16.9 Å². The van der Waals surface area contributed by atoms with Crippen molar-refractivity contribution in [2.24, 2.45) is 0 Å². The maximum absolute atomic E-state index is 6.04. The largest absolute Gasteiger partial charge is 0.496 e. The van der Waals surface area contributed by atoms with E-state index in [0.29, 0.717) is 6.73 Å². The second-order valence-corrected chi connectivity index (χ2v) is 15.5. The zero-order valence-electron chi connectivity index (χ0n) is 20.8. The standard InChI is InChI=1S/C29H34N2O2Si/c1-22-25(12-9-13-29(22)32-2)24-15-17-28-26(20-24)27(16-14-23-10-7-6-8-11-23)30-31(28)21-33-18-19-34(3,4)5/h6-17,20H,18-19,21H2,1-5H3. The molecular formula is C29H34N2O2Si. The van der Waals surface area contributed by atoms with Crippen molar-refractivity contribution in [2.75, 3.05) is 13.7 Å². The molecule has 4 rings (SSSR count). The Morgan fingerprint density at radius 1 is 0.941 bits per heavy atom. The van der Waals surface area contributed by atoms with E-state index in [0.717, 1.165) is 51.7 Å². The number of benzene rings is 3. The number of hydrogen-bond acceptors (Lipinski definition) is 3. The highest BCUT2D eigenvalue weighted by Crippen LogP contribution is 2.33. The molecule has 3 aromatic carbocycles. The molecule has 34 heavy (non-hydrogen) atoms. The number of ether oxygens (including phenoxy) is 2. The van der Waals surface area contributed by atoms with E-state index in [1.807, 2.05) is 35.0 Å². The molecule has 0 radical (unpaired) electrons. The molecule has 4 aromatic rings. The van der Waals surface area contributed by atoms with Gasteiger partial charge in [-0.25, -0.2) is 4.68 Å². The monoisotopic (exact) mass is 470 g/mol. The number of methoxy groups -OCH3 is 1. The molecular weight excluding hydrogens is 436 g/mol. The smallest absolute Gasteiger partial charge is 0.140 e. The Morgan fingerprint density at radius 2 is 1.74 bits per heavy atom. The third-order valence-electron chi connectivity index (χ3n) is 6.04. The van der Waals surface area contributed by atoms with Crippen molar-refractivity contribution < 1.29 is 9.47 Å². The number of aromatic nitrogens is 2. The molecule has 1 heterocycles. The van der Waals surface area contributed by atoms with Gasteiger partial charge in [-0.1, -0.05) is 74.2 Å². The molecule has 0 fully saturated rings. The molecule has 0 aliphatic rings. The Morgan fingerprint density at radius 3 is 2.47 bits per heavy atom. The summed E-state index contributed by atoms with van der Waals surface area (Å²) in [5.41, 5.74) is 6.61. The third-order valence-corrected chi connectivity index (χ3v) is 7.74. The number of hydrogen-bond donors (Lipinski definition) is 0. The predicted octanol–water partition coefficient (Wildman–Crippen LogP) is 7.50. The Bertz CT molecular complexity index is 1290. The molecule has 0 unspecified atom stereocenters. The molecule has 4 nitrogen and oxygen atoms in total. The van der Waals surface area contributed by atoms with E-state index in [2.05, 4.69) is 75.1 Å². The normalized spacial score (nSPS) is 12.0. The van der Waals surface area contributed by atoms with Crippen LogP contribution in [-0.2, 0) is 11.5 Å². The minimum atomic E-state index is -1.13. The molecule has 0 atom stereocenters. The van der Waals surface area contributed by atoms with Crippen LogP contribution in [0.5, 0.6) is 5.75 Å². The van der Waals surface area contributed by atoms with Gasteiger partial charge >= 0.3 is 0 Å². The van der Waals surface area contributed by atoms with Crippen LogP contribution in [0.25, 0.3) is 34.2 Å². The minimum Gasteiger partial charge on any atom is -0.496 e. The summed E-state index contributed by atoms with van der Waals surface area (Å²) in [4.78, 5) is 0. The maximum atomic E-state index is 6.04. The molecule has 0 bridgehead atoms. The van der Waals surface area contributed by atoms with E-state index < -0.39 is 8.07 Å². The van der Waals surface area contributed by atoms with Gasteiger partial charge in [0.2, 0.25) is 0 Å². The Kier molecular flexibility index (Phi) is 7.34. The summed E-state index contributed by atoms with van der Waals surface area (Å²) in [6, 6.07) is 24.2. The van der Waals surface area contributed by atoms with E-state index in [-0.39, 0.29) is 0 Å². The van der Waals surface area contributed by atoms with E-state index >= 15 is 0 Å². The summed E-state index contributed by atoms with van der Waals surface area (Å²) in [6.07, 6.45) is 4.21. The molecule has 0 saturated heterocycles. The van der Waals surface area contributed by atoms with Crippen molar-refractivity contribution in [3.63, 3.8) is 0 Å². The fourth-order valence-electron chi connectivity index (χ4n) is 4.01. The average Bonchev–Trinajstić information content (AvgIpc) is 3.17. The van der Waals surface area contributed by atoms with Gasteiger partial charge < -0.3 is 9.47 Å². The van der Waals surface area contributed by atoms with Gasteiger partial charge in [-0.05, 0) is 59.5 Å². The maximum Gasteiger partial charge on any atom is 0.140 e. The van der Waals surface area contributed by atoms with Gasteiger partial charge in [0.1, 0.15) is 12.5 Å². The molecule has 0 spiro atoms. The van der Waals surface area contributed by atoms with Crippen molar-refractivity contribution >= 4 is 31.1 Å². The summed E-state index contributed by atoms with van der Waals surface area (Å²) in [7, 11) is 0.588. The Labute approximate surface area is 203 Å². The highest BCUT2D eigenvalue weighted by Gasteiger charge is 2.15. The Balaban J connectivity index is 1.71. The first kappa shape index (κ1) is 24.0. The van der Waals surface area contributed by atoms with E-state index in [1.54, 1.807) is 7.11 Å². The van der Waals surface area contributed by atoms with Crippen LogP contribution in [0.1, 0.15) is 16.8 Å². The van der Waals surface area contributed by atoms with Gasteiger partial charge in [0.15, 0.2) is 0 Å². The van der Waals surface area contributed by atoms with Crippen molar-refractivity contribution in [1.82, 2.24) is 9.78 Å². The van der Waals surface area contributed by atoms with Gasteiger partial charge in [0.05, 0.1) is 18.3 Å². The number of nitrogens with zero attached hydrogens (tertiary/aromatic N) is 2. The first-order valence-electron chi connectivity index (χ1n) is 11.8. The van der Waals surface area contributed by atoms with E-state index in [1.165, 1.54) is 5.56 Å². The van der Waals surface area contributed by atoms with Gasteiger partial charge in [-0.2, -0.15) is 5.10 Å². The fraction of sp³-hybridized carbons (Fsp3) is 0.276. The highest BCUT2D eigenvalue weighted by atomic mass is 28.3. The molecule has 0 aliphatic heterocycles. The van der Waals surface area contributed by atoms with Crippen LogP contribution in [0.4, 0.5) is 0 Å². The van der Waals surface area contributed by atoms with Crippen molar-refractivity contribution in [3.05, 3.63) is 83.6 Å². The fourth-order valence-corrected chi connectivity index (χ4v) is 4.77. The summed E-state index contributed by atoms with van der Waals surface area (Å²) in [5, 5.41) is 6.03. The zero-order chi connectivity index (χ0) is 24.1. The van der Waals surface area contributed by atoms with Crippen molar-refractivity contribution in [2.45, 2.75) is 39.3 Å². The van der Waals surface area contributed by atoms with Crippen LogP contribution in [0.2, 0.25) is 25.7 Å². The molecule has 5 heteroatoms. The van der Waals surface area contributed by atoms with Gasteiger partial charge in [-0.15, -0.1) is 0 Å². The lowest BCUT2D eigenvalue weighted by Gasteiger charge is -2.15. The Hall–Kier alpha value is -3.15. The predicted molar refractivity (Wildman–Crippen MR) is 146 cm³/mol.